The smallest absolute Gasteiger partial charge is 0.0957 e. The van der Waals surface area contributed by atoms with Crippen LogP contribution < -0.4 is 0 Å². The van der Waals surface area contributed by atoms with Crippen molar-refractivity contribution in [3.63, 3.8) is 0 Å². The molecule has 3 rings (SSSR count). The fraction of sp³-hybridized carbons (Fsp3) is 0.750. The highest BCUT2D eigenvalue weighted by Crippen LogP contribution is 2.67. The van der Waals surface area contributed by atoms with Gasteiger partial charge in [-0.05, 0) is 6.92 Å². The molecule has 4 heteroatoms. The number of fused-ring (bicyclic) bond motifs is 5. The molecule has 3 aliphatic rings. The van der Waals surface area contributed by atoms with E-state index in [0.29, 0.717) is 13.2 Å². The lowest BCUT2D eigenvalue weighted by atomic mass is 9.48. The van der Waals surface area contributed by atoms with E-state index in [1.807, 2.05) is 6.92 Å². The van der Waals surface area contributed by atoms with Crippen molar-refractivity contribution in [1.82, 2.24) is 0 Å². The second-order valence-electron chi connectivity index (χ2n) is 6.55. The highest BCUT2D eigenvalue weighted by molar-refractivity contribution is 5.39. The van der Waals surface area contributed by atoms with Crippen molar-refractivity contribution >= 4 is 0 Å². The Morgan fingerprint density at radius 3 is 2.50 bits per heavy atom. The fourth-order valence-electron chi connectivity index (χ4n) is 4.64. The summed E-state index contributed by atoms with van der Waals surface area (Å²) in [6, 6.07) is 0. The standard InChI is InChI=1S/C16H24O4/c1-11-5-8-15(9-18-3)12-6-7-14(2,20-12)16(15,10-19-4)13(11)17/h5-8,11-13,17H,9-10H2,1-4H3/t11-,12-,13-,14+,15+,16+/m0/s1. The Kier molecular flexibility index (Phi) is 3.14. The molecule has 1 saturated heterocycles. The van der Waals surface area contributed by atoms with Gasteiger partial charge in [-0.3, -0.25) is 0 Å². The van der Waals surface area contributed by atoms with E-state index in [2.05, 4.69) is 31.2 Å². The van der Waals surface area contributed by atoms with Crippen LogP contribution in [0.5, 0.6) is 0 Å². The van der Waals surface area contributed by atoms with Gasteiger partial charge in [0, 0.05) is 20.1 Å². The number of ether oxygens (including phenoxy) is 3. The van der Waals surface area contributed by atoms with E-state index in [1.165, 1.54) is 0 Å². The van der Waals surface area contributed by atoms with Gasteiger partial charge in [0.1, 0.15) is 0 Å². The van der Waals surface area contributed by atoms with Crippen LogP contribution in [0.3, 0.4) is 0 Å². The minimum absolute atomic E-state index is 0.0685. The van der Waals surface area contributed by atoms with Crippen molar-refractivity contribution < 1.29 is 19.3 Å². The van der Waals surface area contributed by atoms with Crippen LogP contribution in [0.15, 0.2) is 24.3 Å². The molecule has 1 aliphatic carbocycles. The Balaban J connectivity index is 2.22. The Morgan fingerprint density at radius 1 is 1.15 bits per heavy atom. The maximum Gasteiger partial charge on any atom is 0.0957 e. The summed E-state index contributed by atoms with van der Waals surface area (Å²) in [5.74, 6) is 0.0725. The lowest BCUT2D eigenvalue weighted by molar-refractivity contribution is -0.158. The van der Waals surface area contributed by atoms with Gasteiger partial charge in [0.15, 0.2) is 0 Å². The highest BCUT2D eigenvalue weighted by Gasteiger charge is 2.75. The number of hydrogen-bond acceptors (Lipinski definition) is 4. The van der Waals surface area contributed by atoms with Crippen LogP contribution in [-0.2, 0) is 14.2 Å². The van der Waals surface area contributed by atoms with Gasteiger partial charge in [0.25, 0.3) is 0 Å². The average molecular weight is 280 g/mol. The van der Waals surface area contributed by atoms with Gasteiger partial charge in [-0.2, -0.15) is 0 Å². The van der Waals surface area contributed by atoms with Gasteiger partial charge in [-0.25, -0.2) is 0 Å². The summed E-state index contributed by atoms with van der Waals surface area (Å²) in [4.78, 5) is 0. The second-order valence-corrected chi connectivity index (χ2v) is 6.55. The Hall–Kier alpha value is -0.680. The normalized spacial score (nSPS) is 52.5. The van der Waals surface area contributed by atoms with Gasteiger partial charge >= 0.3 is 0 Å². The molecule has 0 spiro atoms. The summed E-state index contributed by atoms with van der Waals surface area (Å²) in [5, 5.41) is 11.0. The zero-order chi connectivity index (χ0) is 14.6. The summed E-state index contributed by atoms with van der Waals surface area (Å²) >= 11 is 0. The van der Waals surface area contributed by atoms with E-state index in [0.717, 1.165) is 0 Å². The molecule has 1 fully saturated rings. The van der Waals surface area contributed by atoms with Crippen molar-refractivity contribution in [3.8, 4) is 0 Å². The molecule has 0 unspecified atom stereocenters. The van der Waals surface area contributed by atoms with E-state index in [1.54, 1.807) is 14.2 Å². The number of hydrogen-bond donors (Lipinski definition) is 1. The molecule has 4 nitrogen and oxygen atoms in total. The predicted octanol–water partition coefficient (Wildman–Crippen LogP) is 1.55. The molecule has 2 bridgehead atoms. The van der Waals surface area contributed by atoms with Crippen molar-refractivity contribution in [2.24, 2.45) is 16.7 Å². The van der Waals surface area contributed by atoms with Gasteiger partial charge in [-0.15, -0.1) is 0 Å². The predicted molar refractivity (Wildman–Crippen MR) is 75.3 cm³/mol. The van der Waals surface area contributed by atoms with Crippen LogP contribution in [-0.4, -0.2) is 50.3 Å². The van der Waals surface area contributed by atoms with Crippen molar-refractivity contribution in [2.75, 3.05) is 27.4 Å². The first-order valence-electron chi connectivity index (χ1n) is 7.20. The van der Waals surface area contributed by atoms with Crippen molar-refractivity contribution in [2.45, 2.75) is 31.7 Å². The molecular formula is C16H24O4. The minimum atomic E-state index is -0.525. The highest BCUT2D eigenvalue weighted by atomic mass is 16.5. The van der Waals surface area contributed by atoms with E-state index in [-0.39, 0.29) is 17.4 Å². The molecule has 112 valence electrons. The summed E-state index contributed by atoms with van der Waals surface area (Å²) < 4.78 is 17.3. The maximum atomic E-state index is 11.0. The SMILES string of the molecule is COC[C@]12[C@@H](O)[C@@H](C)C=C[C@@]1(COC)[C@@H]1C=C[C@@]2(C)O1. The van der Waals surface area contributed by atoms with Crippen LogP contribution in [0.2, 0.25) is 0 Å². The molecule has 0 aromatic rings. The van der Waals surface area contributed by atoms with Gasteiger partial charge in [0.2, 0.25) is 0 Å². The van der Waals surface area contributed by atoms with Crippen LogP contribution in [0.1, 0.15) is 13.8 Å². The first-order valence-corrected chi connectivity index (χ1v) is 7.20. The largest absolute Gasteiger partial charge is 0.392 e. The van der Waals surface area contributed by atoms with Crippen LogP contribution in [0.25, 0.3) is 0 Å². The zero-order valence-electron chi connectivity index (χ0n) is 12.6. The number of aliphatic hydroxyl groups is 1. The number of rotatable bonds is 4. The summed E-state index contributed by atoms with van der Waals surface area (Å²) in [6.07, 6.45) is 7.86. The van der Waals surface area contributed by atoms with Crippen LogP contribution in [0, 0.1) is 16.7 Å². The average Bonchev–Trinajstić information content (AvgIpc) is 2.90. The molecule has 0 radical (unpaired) electrons. The zero-order valence-corrected chi connectivity index (χ0v) is 12.6. The van der Waals surface area contributed by atoms with Crippen molar-refractivity contribution in [3.05, 3.63) is 24.3 Å². The van der Waals surface area contributed by atoms with E-state index in [4.69, 9.17) is 14.2 Å². The molecule has 0 amide bonds. The number of methoxy groups -OCH3 is 2. The molecule has 20 heavy (non-hydrogen) atoms. The van der Waals surface area contributed by atoms with Crippen LogP contribution >= 0.6 is 0 Å². The van der Waals surface area contributed by atoms with Gasteiger partial charge in [0.05, 0.1) is 41.9 Å². The lowest BCUT2D eigenvalue weighted by Gasteiger charge is -2.56. The summed E-state index contributed by atoms with van der Waals surface area (Å²) in [6.45, 7) is 5.05. The second kappa shape index (κ2) is 4.41. The lowest BCUT2D eigenvalue weighted by Crippen LogP contribution is -2.65. The molecule has 2 aliphatic heterocycles. The summed E-state index contributed by atoms with van der Waals surface area (Å²) in [7, 11) is 3.38. The Labute approximate surface area is 120 Å². The van der Waals surface area contributed by atoms with Crippen molar-refractivity contribution in [1.29, 1.82) is 0 Å². The molecule has 2 heterocycles. The minimum Gasteiger partial charge on any atom is -0.392 e. The third-order valence-electron chi connectivity index (χ3n) is 5.64. The molecule has 1 N–H and O–H groups in total. The monoisotopic (exact) mass is 280 g/mol. The first kappa shape index (κ1) is 14.3. The first-order chi connectivity index (χ1) is 9.47. The van der Waals surface area contributed by atoms with E-state index in [9.17, 15) is 5.11 Å². The third kappa shape index (κ3) is 1.36. The Morgan fingerprint density at radius 2 is 1.85 bits per heavy atom. The topological polar surface area (TPSA) is 47.9 Å². The maximum absolute atomic E-state index is 11.0. The molecule has 0 saturated carbocycles. The van der Waals surface area contributed by atoms with Gasteiger partial charge < -0.3 is 19.3 Å². The molecule has 0 aromatic carbocycles. The third-order valence-corrected chi connectivity index (χ3v) is 5.64. The van der Waals surface area contributed by atoms with E-state index >= 15 is 0 Å². The molecule has 6 atom stereocenters. The van der Waals surface area contributed by atoms with E-state index < -0.39 is 17.1 Å². The van der Waals surface area contributed by atoms with Gasteiger partial charge in [-0.1, -0.05) is 31.2 Å². The summed E-state index contributed by atoms with van der Waals surface area (Å²) in [5.41, 5.74) is -1.41. The Bertz CT molecular complexity index is 459. The molecular weight excluding hydrogens is 256 g/mol. The fourth-order valence-corrected chi connectivity index (χ4v) is 4.64. The quantitative estimate of drug-likeness (QED) is 0.794. The molecule has 0 aromatic heterocycles. The number of aliphatic hydroxyl groups excluding tert-OH is 1. The van der Waals surface area contributed by atoms with Crippen LogP contribution in [0.4, 0.5) is 0 Å².